The molecule has 8 nitrogen and oxygen atoms in total. The third-order valence-electron chi connectivity index (χ3n) is 3.98. The largest absolute Gasteiger partial charge is 0.353 e. The van der Waals surface area contributed by atoms with Gasteiger partial charge in [0.15, 0.2) is 11.7 Å². The summed E-state index contributed by atoms with van der Waals surface area (Å²) in [6.45, 7) is 4.99. The third kappa shape index (κ3) is 2.66. The van der Waals surface area contributed by atoms with Gasteiger partial charge in [-0.2, -0.15) is 5.12 Å². The first kappa shape index (κ1) is 13.2. The van der Waals surface area contributed by atoms with Crippen LogP contribution in [0.1, 0.15) is 5.56 Å². The van der Waals surface area contributed by atoms with Crippen LogP contribution in [-0.4, -0.2) is 57.8 Å². The Bertz CT molecular complexity index is 615. The Morgan fingerprint density at radius 1 is 1.00 bits per heavy atom. The molecule has 1 aromatic rings. The van der Waals surface area contributed by atoms with E-state index < -0.39 is 0 Å². The fourth-order valence-electron chi connectivity index (χ4n) is 2.75. The van der Waals surface area contributed by atoms with Gasteiger partial charge in [0.1, 0.15) is 0 Å². The second-order valence-electron chi connectivity index (χ2n) is 5.42. The highest BCUT2D eigenvalue weighted by atomic mass is 15.9. The summed E-state index contributed by atoms with van der Waals surface area (Å²) in [7, 11) is 0. The Morgan fingerprint density at radius 3 is 2.59 bits per heavy atom. The van der Waals surface area contributed by atoms with Gasteiger partial charge in [0.25, 0.3) is 0 Å². The summed E-state index contributed by atoms with van der Waals surface area (Å²) in [5.41, 5.74) is 6.87. The number of fused-ring (bicyclic) bond motifs is 1. The summed E-state index contributed by atoms with van der Waals surface area (Å²) < 4.78 is 0. The molecule has 2 N–H and O–H groups in total. The van der Waals surface area contributed by atoms with Crippen molar-refractivity contribution >= 4 is 11.7 Å². The van der Waals surface area contributed by atoms with Crippen molar-refractivity contribution in [3.8, 4) is 0 Å². The second-order valence-corrected chi connectivity index (χ2v) is 5.42. The number of nitrogens with zero attached hydrogens (tertiary/aromatic N) is 6. The monoisotopic (exact) mass is 298 g/mol. The molecular formula is C14H18N8. The first-order valence-corrected chi connectivity index (χ1v) is 7.40. The average Bonchev–Trinajstić information content (AvgIpc) is 3.04. The van der Waals surface area contributed by atoms with Crippen molar-refractivity contribution in [2.75, 3.05) is 26.2 Å². The minimum Gasteiger partial charge on any atom is -0.353 e. The van der Waals surface area contributed by atoms with E-state index in [1.807, 2.05) is 24.5 Å². The van der Waals surface area contributed by atoms with Crippen LogP contribution in [0.25, 0.3) is 0 Å². The average molecular weight is 298 g/mol. The molecule has 0 aliphatic carbocycles. The van der Waals surface area contributed by atoms with E-state index in [1.54, 1.807) is 5.12 Å². The highest BCUT2D eigenvalue weighted by Crippen LogP contribution is 2.11. The summed E-state index contributed by atoms with van der Waals surface area (Å²) in [6.07, 6.45) is 7.67. The summed E-state index contributed by atoms with van der Waals surface area (Å²) in [4.78, 5) is 8.82. The molecular weight excluding hydrogens is 280 g/mol. The topological polar surface area (TPSA) is 71.4 Å². The first-order valence-electron chi connectivity index (χ1n) is 7.40. The maximum absolute atomic E-state index is 4.53. The molecule has 0 unspecified atom stereocenters. The number of rotatable bonds is 2. The molecule has 1 aromatic heterocycles. The Labute approximate surface area is 128 Å². The minimum atomic E-state index is 0.778. The van der Waals surface area contributed by atoms with Crippen LogP contribution in [0, 0.1) is 0 Å². The summed E-state index contributed by atoms with van der Waals surface area (Å²) in [5.74, 6) is 1.75. The lowest BCUT2D eigenvalue weighted by Gasteiger charge is -2.36. The molecule has 0 spiro atoms. The zero-order valence-corrected chi connectivity index (χ0v) is 12.2. The molecule has 1 saturated heterocycles. The van der Waals surface area contributed by atoms with Crippen molar-refractivity contribution in [3.05, 3.63) is 42.2 Å². The number of pyridine rings is 1. The minimum absolute atomic E-state index is 0.778. The molecule has 3 aliphatic heterocycles. The number of hydrazone groups is 2. The summed E-state index contributed by atoms with van der Waals surface area (Å²) >= 11 is 0. The molecule has 0 aromatic carbocycles. The molecule has 114 valence electrons. The maximum atomic E-state index is 4.53. The van der Waals surface area contributed by atoms with Gasteiger partial charge in [0.05, 0.1) is 0 Å². The smallest absolute Gasteiger partial charge is 0.189 e. The van der Waals surface area contributed by atoms with E-state index >= 15 is 0 Å². The lowest BCUT2D eigenvalue weighted by atomic mass is 10.2. The molecule has 22 heavy (non-hydrogen) atoms. The summed E-state index contributed by atoms with van der Waals surface area (Å²) in [5, 5.41) is 10.2. The van der Waals surface area contributed by atoms with Crippen LogP contribution in [-0.2, 0) is 6.54 Å². The second kappa shape index (κ2) is 5.74. The van der Waals surface area contributed by atoms with Crippen LogP contribution in [0.15, 0.2) is 46.9 Å². The van der Waals surface area contributed by atoms with E-state index in [2.05, 4.69) is 48.2 Å². The molecule has 8 heteroatoms. The fraction of sp³-hybridized carbons (Fsp3) is 0.357. The zero-order chi connectivity index (χ0) is 14.8. The number of amidine groups is 2. The van der Waals surface area contributed by atoms with Crippen LogP contribution < -0.4 is 11.1 Å². The number of hydrogen-bond acceptors (Lipinski definition) is 8. The van der Waals surface area contributed by atoms with Gasteiger partial charge in [-0.05, 0) is 29.8 Å². The molecule has 4 rings (SSSR count). The van der Waals surface area contributed by atoms with E-state index in [0.29, 0.717) is 0 Å². The number of aromatic nitrogens is 1. The predicted molar refractivity (Wildman–Crippen MR) is 83.2 cm³/mol. The van der Waals surface area contributed by atoms with Gasteiger partial charge in [-0.3, -0.25) is 9.88 Å². The SMILES string of the molecule is C1=CC2=NNNN2N=C1N1CCN(Cc2ccncc2)CC1. The Hall–Kier alpha value is -2.45. The van der Waals surface area contributed by atoms with E-state index in [4.69, 9.17) is 0 Å². The quantitative estimate of drug-likeness (QED) is 0.782. The number of nitrogens with one attached hydrogen (secondary N) is 2. The van der Waals surface area contributed by atoms with Gasteiger partial charge in [-0.25, -0.2) is 5.53 Å². The molecule has 4 heterocycles. The zero-order valence-electron chi connectivity index (χ0n) is 12.2. The summed E-state index contributed by atoms with van der Waals surface area (Å²) in [6, 6.07) is 4.15. The highest BCUT2D eigenvalue weighted by molar-refractivity contribution is 6.05. The third-order valence-corrected chi connectivity index (χ3v) is 3.98. The highest BCUT2D eigenvalue weighted by Gasteiger charge is 2.24. The van der Waals surface area contributed by atoms with Crippen molar-refractivity contribution in [1.29, 1.82) is 0 Å². The van der Waals surface area contributed by atoms with E-state index in [1.165, 1.54) is 5.56 Å². The Balaban J connectivity index is 1.34. The van der Waals surface area contributed by atoms with Gasteiger partial charge in [-0.1, -0.05) is 0 Å². The fourth-order valence-corrected chi connectivity index (χ4v) is 2.75. The van der Waals surface area contributed by atoms with Gasteiger partial charge >= 0.3 is 0 Å². The lowest BCUT2D eigenvalue weighted by molar-refractivity contribution is 0.173. The van der Waals surface area contributed by atoms with Crippen molar-refractivity contribution in [2.24, 2.45) is 10.2 Å². The standard InChI is InChI=1S/C14H18N8/c1-2-14(17-22-13(1)16-18-19-22)21-9-7-20(8-10-21)11-12-3-5-15-6-4-12/h1-6,18-19H,7-11H2. The number of piperazine rings is 1. The Kier molecular flexibility index (Phi) is 3.45. The van der Waals surface area contributed by atoms with Crippen molar-refractivity contribution in [3.63, 3.8) is 0 Å². The van der Waals surface area contributed by atoms with Crippen molar-refractivity contribution in [1.82, 2.24) is 31.0 Å². The number of hydrogen-bond donors (Lipinski definition) is 2. The first-order chi connectivity index (χ1) is 10.9. The molecule has 0 saturated carbocycles. The van der Waals surface area contributed by atoms with Crippen LogP contribution in [0.4, 0.5) is 0 Å². The predicted octanol–water partition coefficient (Wildman–Crippen LogP) is -0.279. The van der Waals surface area contributed by atoms with Gasteiger partial charge in [-0.15, -0.1) is 15.7 Å². The Morgan fingerprint density at radius 2 is 1.77 bits per heavy atom. The molecule has 0 atom stereocenters. The van der Waals surface area contributed by atoms with Crippen LogP contribution in [0.2, 0.25) is 0 Å². The molecule has 0 amide bonds. The van der Waals surface area contributed by atoms with Crippen molar-refractivity contribution in [2.45, 2.75) is 6.54 Å². The molecule has 3 aliphatic rings. The van der Waals surface area contributed by atoms with E-state index in [-0.39, 0.29) is 0 Å². The molecule has 1 fully saturated rings. The van der Waals surface area contributed by atoms with E-state index in [0.717, 1.165) is 44.4 Å². The van der Waals surface area contributed by atoms with Crippen LogP contribution in [0.3, 0.4) is 0 Å². The maximum Gasteiger partial charge on any atom is 0.189 e. The molecule has 0 bridgehead atoms. The molecule has 0 radical (unpaired) electrons. The lowest BCUT2D eigenvalue weighted by Crippen LogP contribution is -2.49. The van der Waals surface area contributed by atoms with Gasteiger partial charge < -0.3 is 4.90 Å². The van der Waals surface area contributed by atoms with Gasteiger partial charge in [0.2, 0.25) is 0 Å². The van der Waals surface area contributed by atoms with Crippen molar-refractivity contribution < 1.29 is 0 Å². The van der Waals surface area contributed by atoms with Crippen LogP contribution >= 0.6 is 0 Å². The van der Waals surface area contributed by atoms with E-state index in [9.17, 15) is 0 Å². The van der Waals surface area contributed by atoms with Crippen LogP contribution in [0.5, 0.6) is 0 Å². The normalized spacial score (nSPS) is 21.3. The number of hydrazine groups is 2. The van der Waals surface area contributed by atoms with Gasteiger partial charge in [0, 0.05) is 45.1 Å².